The van der Waals surface area contributed by atoms with Gasteiger partial charge in [-0.3, -0.25) is 62.5 Å². The average molecular weight is 1130 g/mol. The molecule has 426 valence electrons. The highest BCUT2D eigenvalue weighted by atomic mass is 33.1. The van der Waals surface area contributed by atoms with Crippen LogP contribution in [0.2, 0.25) is 0 Å². The van der Waals surface area contributed by atoms with Crippen LogP contribution in [0, 0.1) is 0 Å². The van der Waals surface area contributed by atoms with E-state index in [1.165, 1.54) is 17.0 Å². The topological polar surface area (TPSA) is 475 Å². The fraction of sp³-hybridized carbons (Fsp3) is 0.479. The number of hydrogen-bond donors (Lipinski definition) is 14. The lowest BCUT2D eigenvalue weighted by Gasteiger charge is -2.31. The predicted octanol–water partition coefficient (Wildman–Crippen LogP) is -4.25. The number of nitrogens with one attached hydrogen (secondary N) is 7. The molecule has 2 heterocycles. The Labute approximate surface area is 456 Å². The lowest BCUT2D eigenvalue weighted by molar-refractivity contribution is -0.142. The molecule has 2 aromatic carbocycles. The number of primary amides is 3. The molecule has 0 aliphatic carbocycles. The molecule has 78 heavy (non-hydrogen) atoms. The number of phenolic OH excluding ortho intramolecular Hbond substituents is 1. The molecule has 19 N–H and O–H groups in total. The van der Waals surface area contributed by atoms with Gasteiger partial charge in [-0.2, -0.15) is 0 Å². The summed E-state index contributed by atoms with van der Waals surface area (Å²) in [6.07, 6.45) is -1.34. The number of nitrogens with zero attached hydrogens (tertiary/aromatic N) is 2. The standard InChI is InChI=1S/C46H64N14O12S2.C2H4O2/c47-35(62)15-14-29-40(67)58-32(22-36(48)63)43(70)59-33(45(72)60-18-5-9-34(60)44(71)56-28(8-4-17-52-46(50)51)39(66)53-23-37(49)64)24-74-73-19-16-38(65)54-30(21-26-10-12-27(61)13-11-26)41(68)57-31(42(69)55-29)20-25-6-2-1-3-7-25;1-2(3)4/h1-3,6-7,10-13,28-34,61H,4-5,8-9,14-24H2,(H2,47,62)(H2,48,63)(H2,49,64)(H,53,66)(H,54,65)(H,55,69)(H,56,71)(H,57,68)(H,58,67)(H,59,70)(H4,50,51,52);1H3,(H,3,4)/t28-,29+,30+,31+,32+,33+,34+;/m1./s1. The molecule has 28 nitrogen and oxygen atoms in total. The average Bonchev–Trinajstić information content (AvgIpc) is 3.89. The first-order valence-corrected chi connectivity index (χ1v) is 27.0. The number of aromatic hydroxyl groups is 1. The smallest absolute Gasteiger partial charge is 0.300 e. The van der Waals surface area contributed by atoms with Crippen molar-refractivity contribution in [1.29, 1.82) is 0 Å². The number of rotatable bonds is 19. The number of carbonyl (C=O) groups is 12. The third kappa shape index (κ3) is 23.8. The van der Waals surface area contributed by atoms with Crippen LogP contribution in [-0.2, 0) is 70.4 Å². The van der Waals surface area contributed by atoms with Gasteiger partial charge in [-0.15, -0.1) is 0 Å². The Balaban J connectivity index is 0.00000386. The van der Waals surface area contributed by atoms with Gasteiger partial charge in [0.15, 0.2) is 5.96 Å². The highest BCUT2D eigenvalue weighted by Crippen LogP contribution is 2.26. The first-order chi connectivity index (χ1) is 36.9. The van der Waals surface area contributed by atoms with Crippen molar-refractivity contribution < 1.29 is 67.7 Å². The largest absolute Gasteiger partial charge is 0.508 e. The van der Waals surface area contributed by atoms with E-state index in [2.05, 4.69) is 42.2 Å². The molecule has 30 heteroatoms. The van der Waals surface area contributed by atoms with Crippen LogP contribution in [0.3, 0.4) is 0 Å². The van der Waals surface area contributed by atoms with Gasteiger partial charge in [-0.1, -0.05) is 64.1 Å². The summed E-state index contributed by atoms with van der Waals surface area (Å²) < 4.78 is 0. The van der Waals surface area contributed by atoms with Crippen molar-refractivity contribution in [3.63, 3.8) is 0 Å². The molecule has 7 atom stereocenters. The zero-order valence-corrected chi connectivity index (χ0v) is 44.4. The van der Waals surface area contributed by atoms with Crippen molar-refractivity contribution in [2.75, 3.05) is 31.1 Å². The van der Waals surface area contributed by atoms with Gasteiger partial charge >= 0.3 is 0 Å². The van der Waals surface area contributed by atoms with E-state index in [1.54, 1.807) is 42.5 Å². The lowest BCUT2D eigenvalue weighted by atomic mass is 10.0. The predicted molar refractivity (Wildman–Crippen MR) is 285 cm³/mol. The Morgan fingerprint density at radius 1 is 0.744 bits per heavy atom. The van der Waals surface area contributed by atoms with Gasteiger partial charge in [0.2, 0.25) is 65.0 Å². The van der Waals surface area contributed by atoms with Crippen molar-refractivity contribution >= 4 is 98.5 Å². The number of carboxylic acids is 1. The van der Waals surface area contributed by atoms with Gasteiger partial charge in [0.1, 0.15) is 48.0 Å². The molecule has 0 aromatic heterocycles. The van der Waals surface area contributed by atoms with Crippen molar-refractivity contribution in [2.24, 2.45) is 33.7 Å². The molecule has 0 unspecified atom stereocenters. The van der Waals surface area contributed by atoms with Gasteiger partial charge in [-0.05, 0) is 55.4 Å². The van der Waals surface area contributed by atoms with E-state index in [0.29, 0.717) is 17.5 Å². The molecular weight excluding hydrogens is 1060 g/mol. The number of aliphatic imine (C=N–C) groups is 1. The van der Waals surface area contributed by atoms with Gasteiger partial charge in [-0.25, -0.2) is 0 Å². The quantitative estimate of drug-likeness (QED) is 0.0274. The SMILES string of the molecule is CC(=O)O.NC(=O)CC[C@@H]1NC(=O)[C@H](Cc2ccccc2)NC(=O)[C@H](Cc2ccc(O)cc2)NC(=O)CCSSC[C@@H](C(=O)N2CCC[C@H]2C(=O)N[C@H](CCCN=C(N)N)C(=O)NCC(N)=O)NC(=O)[C@H](CC(N)=O)NC1=O. The zero-order valence-electron chi connectivity index (χ0n) is 42.7. The monoisotopic (exact) mass is 1130 g/mol. The summed E-state index contributed by atoms with van der Waals surface area (Å²) in [4.78, 5) is 162. The highest BCUT2D eigenvalue weighted by molar-refractivity contribution is 8.76. The molecule has 4 rings (SSSR count). The summed E-state index contributed by atoms with van der Waals surface area (Å²) in [7, 11) is 2.19. The molecule has 2 saturated heterocycles. The minimum atomic E-state index is -1.77. The highest BCUT2D eigenvalue weighted by Gasteiger charge is 2.40. The second kappa shape index (κ2) is 33.1. The number of hydrogen-bond acceptors (Lipinski definition) is 16. The Morgan fingerprint density at radius 3 is 1.92 bits per heavy atom. The zero-order chi connectivity index (χ0) is 57.9. The van der Waals surface area contributed by atoms with E-state index in [9.17, 15) is 57.8 Å². The lowest BCUT2D eigenvalue weighted by Crippen LogP contribution is -2.61. The molecule has 0 radical (unpaired) electrons. The molecule has 2 aliphatic heterocycles. The van der Waals surface area contributed by atoms with E-state index in [4.69, 9.17) is 38.6 Å². The van der Waals surface area contributed by atoms with Gasteiger partial charge in [0.25, 0.3) is 5.97 Å². The van der Waals surface area contributed by atoms with Crippen LogP contribution in [0.4, 0.5) is 0 Å². The summed E-state index contributed by atoms with van der Waals surface area (Å²) in [5, 5.41) is 35.2. The van der Waals surface area contributed by atoms with Crippen LogP contribution < -0.4 is 65.9 Å². The second-order valence-electron chi connectivity index (χ2n) is 17.9. The van der Waals surface area contributed by atoms with E-state index in [0.717, 1.165) is 28.5 Å². The number of guanidine groups is 1. The third-order valence-electron chi connectivity index (χ3n) is 11.5. The van der Waals surface area contributed by atoms with Crippen molar-refractivity contribution in [3.05, 3.63) is 65.7 Å². The maximum atomic E-state index is 14.6. The first-order valence-electron chi connectivity index (χ1n) is 24.5. The number of aliphatic carboxylic acids is 1. The normalized spacial score (nSPS) is 20.9. The number of nitrogens with two attached hydrogens (primary N) is 5. The Hall–Kier alpha value is -8.15. The number of carboxylic acid groups (broad SMARTS) is 1. The van der Waals surface area contributed by atoms with E-state index in [1.807, 2.05) is 0 Å². The fourth-order valence-corrected chi connectivity index (χ4v) is 9.93. The molecular formula is C48H68N14O14S2. The van der Waals surface area contributed by atoms with Crippen LogP contribution in [0.1, 0.15) is 69.4 Å². The third-order valence-corrected chi connectivity index (χ3v) is 13.9. The summed E-state index contributed by atoms with van der Waals surface area (Å²) in [5.41, 5.74) is 28.1. The van der Waals surface area contributed by atoms with Crippen LogP contribution in [0.15, 0.2) is 59.6 Å². The van der Waals surface area contributed by atoms with Crippen molar-refractivity contribution in [1.82, 2.24) is 42.1 Å². The Morgan fingerprint density at radius 2 is 1.32 bits per heavy atom. The van der Waals surface area contributed by atoms with Crippen LogP contribution >= 0.6 is 21.6 Å². The molecule has 2 aliphatic rings. The molecule has 0 saturated carbocycles. The maximum Gasteiger partial charge on any atom is 0.300 e. The van der Waals surface area contributed by atoms with Gasteiger partial charge in [0.05, 0.1) is 13.0 Å². The van der Waals surface area contributed by atoms with Gasteiger partial charge < -0.3 is 81.0 Å². The minimum Gasteiger partial charge on any atom is -0.508 e. The van der Waals surface area contributed by atoms with Crippen LogP contribution in [0.5, 0.6) is 5.75 Å². The van der Waals surface area contributed by atoms with Crippen LogP contribution in [-0.4, -0.2) is 165 Å². The summed E-state index contributed by atoms with van der Waals surface area (Å²) in [6.45, 7) is 0.682. The number of phenols is 1. The van der Waals surface area contributed by atoms with Crippen molar-refractivity contribution in [3.8, 4) is 5.75 Å². The Bertz CT molecular complexity index is 2480. The number of likely N-dealkylation sites (tertiary alicyclic amines) is 1. The molecule has 11 amide bonds. The summed E-state index contributed by atoms with van der Waals surface area (Å²) in [6, 6.07) is 4.52. The first kappa shape index (κ1) is 64.1. The van der Waals surface area contributed by atoms with E-state index < -0.39 is 139 Å². The van der Waals surface area contributed by atoms with Gasteiger partial charge in [0, 0.05) is 57.2 Å². The second-order valence-corrected chi connectivity index (χ2v) is 20.5. The number of amides is 11. The fourth-order valence-electron chi connectivity index (χ4n) is 7.78. The summed E-state index contributed by atoms with van der Waals surface area (Å²) in [5.74, 6) is -10.6. The van der Waals surface area contributed by atoms with E-state index >= 15 is 0 Å². The Kier molecular flexibility index (Phi) is 27.2. The molecule has 2 fully saturated rings. The molecule has 0 spiro atoms. The van der Waals surface area contributed by atoms with Crippen molar-refractivity contribution in [2.45, 2.75) is 113 Å². The number of carbonyl (C=O) groups excluding carboxylic acids is 11. The minimum absolute atomic E-state index is 0.0128. The van der Waals surface area contributed by atoms with Crippen LogP contribution in [0.25, 0.3) is 0 Å². The molecule has 2 aromatic rings. The maximum absolute atomic E-state index is 14.6. The van der Waals surface area contributed by atoms with E-state index in [-0.39, 0.29) is 74.8 Å². The molecule has 0 bridgehead atoms. The summed E-state index contributed by atoms with van der Waals surface area (Å²) >= 11 is 0. The number of benzene rings is 2.